The summed E-state index contributed by atoms with van der Waals surface area (Å²) in [6.45, 7) is 5.96. The molecule has 7 heteroatoms. The van der Waals surface area contributed by atoms with Gasteiger partial charge in [-0.15, -0.1) is 0 Å². The zero-order chi connectivity index (χ0) is 14.7. The van der Waals surface area contributed by atoms with Gasteiger partial charge in [0.05, 0.1) is 17.7 Å². The summed E-state index contributed by atoms with van der Waals surface area (Å²) in [5.41, 5.74) is 0. The quantitative estimate of drug-likeness (QED) is 0.598. The molecule has 0 amide bonds. The molecule has 0 saturated carbocycles. The van der Waals surface area contributed by atoms with E-state index in [2.05, 4.69) is 35.7 Å². The van der Waals surface area contributed by atoms with Crippen LogP contribution in [-0.4, -0.2) is 66.6 Å². The Morgan fingerprint density at radius 3 is 2.90 bits per heavy atom. The predicted molar refractivity (Wildman–Crippen MR) is 89.1 cm³/mol. The van der Waals surface area contributed by atoms with Crippen molar-refractivity contribution in [1.29, 1.82) is 0 Å². The lowest BCUT2D eigenvalue weighted by Crippen LogP contribution is -2.51. The fourth-order valence-electron chi connectivity index (χ4n) is 3.05. The lowest BCUT2D eigenvalue weighted by Gasteiger charge is -2.41. The predicted octanol–water partition coefficient (Wildman–Crippen LogP) is 2.26. The van der Waals surface area contributed by atoms with E-state index in [1.165, 1.54) is 12.8 Å². The van der Waals surface area contributed by atoms with E-state index < -0.39 is 0 Å². The minimum absolute atomic E-state index is 0.613. The van der Waals surface area contributed by atoms with E-state index in [1.807, 2.05) is 12.5 Å². The summed E-state index contributed by atoms with van der Waals surface area (Å²) in [6, 6.07) is 0.613. The van der Waals surface area contributed by atoms with Crippen LogP contribution in [0.2, 0.25) is 0 Å². The Kier molecular flexibility index (Phi) is 5.37. The van der Waals surface area contributed by atoms with E-state index >= 15 is 0 Å². The Morgan fingerprint density at radius 2 is 2.14 bits per heavy atom. The van der Waals surface area contributed by atoms with Crippen LogP contribution in [0, 0.1) is 0 Å². The number of nitrogens with zero attached hydrogens (tertiary/aromatic N) is 4. The van der Waals surface area contributed by atoms with Gasteiger partial charge in [-0.3, -0.25) is 4.90 Å². The van der Waals surface area contributed by atoms with E-state index in [9.17, 15) is 0 Å². The molecule has 3 rings (SSSR count). The van der Waals surface area contributed by atoms with Crippen molar-refractivity contribution in [2.75, 3.05) is 50.5 Å². The highest BCUT2D eigenvalue weighted by Gasteiger charge is 2.28. The molecule has 2 saturated heterocycles. The van der Waals surface area contributed by atoms with Crippen LogP contribution in [0.4, 0.5) is 5.82 Å². The molecular formula is C14H21BrN4OS. The third-order valence-corrected chi connectivity index (χ3v) is 5.27. The van der Waals surface area contributed by atoms with Gasteiger partial charge in [-0.2, -0.15) is 0 Å². The minimum Gasteiger partial charge on any atom is -0.379 e. The fourth-order valence-corrected chi connectivity index (χ4v) is 3.83. The maximum atomic E-state index is 5.47. The van der Waals surface area contributed by atoms with Crippen LogP contribution < -0.4 is 4.90 Å². The smallest absolute Gasteiger partial charge is 0.189 e. The van der Waals surface area contributed by atoms with Crippen molar-refractivity contribution >= 4 is 33.5 Å². The first-order valence-corrected chi connectivity index (χ1v) is 9.43. The van der Waals surface area contributed by atoms with Gasteiger partial charge in [0.25, 0.3) is 0 Å². The molecule has 0 aliphatic carbocycles. The average molecular weight is 373 g/mol. The lowest BCUT2D eigenvalue weighted by molar-refractivity contribution is 0.0136. The molecule has 3 heterocycles. The number of rotatable bonds is 3. The molecule has 1 aromatic heterocycles. The molecule has 2 aliphatic heterocycles. The molecule has 0 radical (unpaired) electrons. The molecule has 5 nitrogen and oxygen atoms in total. The van der Waals surface area contributed by atoms with E-state index in [1.54, 1.807) is 11.8 Å². The Bertz CT molecular complexity index is 484. The number of anilines is 1. The summed E-state index contributed by atoms with van der Waals surface area (Å²) < 4.78 is 6.45. The van der Waals surface area contributed by atoms with Crippen molar-refractivity contribution < 1.29 is 4.74 Å². The van der Waals surface area contributed by atoms with E-state index in [0.717, 1.165) is 54.8 Å². The first-order valence-electron chi connectivity index (χ1n) is 7.41. The highest BCUT2D eigenvalue weighted by molar-refractivity contribution is 9.10. The van der Waals surface area contributed by atoms with Crippen molar-refractivity contribution in [2.45, 2.75) is 24.0 Å². The maximum absolute atomic E-state index is 5.47. The summed E-state index contributed by atoms with van der Waals surface area (Å²) in [6.07, 6.45) is 6.37. The Hall–Kier alpha value is -0.370. The van der Waals surface area contributed by atoms with Crippen LogP contribution in [-0.2, 0) is 4.74 Å². The van der Waals surface area contributed by atoms with E-state index in [0.29, 0.717) is 6.04 Å². The second kappa shape index (κ2) is 7.26. The topological polar surface area (TPSA) is 41.5 Å². The zero-order valence-electron chi connectivity index (χ0n) is 12.3. The van der Waals surface area contributed by atoms with Gasteiger partial charge in [-0.1, -0.05) is 11.8 Å². The lowest BCUT2D eigenvalue weighted by atomic mass is 10.0. The number of hydrogen-bond donors (Lipinski definition) is 0. The highest BCUT2D eigenvalue weighted by Crippen LogP contribution is 2.29. The largest absolute Gasteiger partial charge is 0.379 e. The van der Waals surface area contributed by atoms with Gasteiger partial charge in [0.1, 0.15) is 5.82 Å². The molecule has 2 fully saturated rings. The summed E-state index contributed by atoms with van der Waals surface area (Å²) in [4.78, 5) is 14.0. The standard InChI is InChI=1S/C14H21BrN4OS/c1-21-14-16-9-12(15)13(17-14)19-4-2-3-11(10-19)18-5-7-20-8-6-18/h9,11H,2-8,10H2,1H3. The van der Waals surface area contributed by atoms with Crippen LogP contribution in [0.1, 0.15) is 12.8 Å². The second-order valence-electron chi connectivity index (χ2n) is 5.42. The Morgan fingerprint density at radius 1 is 1.33 bits per heavy atom. The normalized spacial score (nSPS) is 24.3. The van der Waals surface area contributed by atoms with E-state index in [4.69, 9.17) is 4.74 Å². The van der Waals surface area contributed by atoms with Crippen LogP contribution in [0.25, 0.3) is 0 Å². The molecule has 1 unspecified atom stereocenters. The molecule has 0 bridgehead atoms. The van der Waals surface area contributed by atoms with Gasteiger partial charge in [0.15, 0.2) is 5.16 Å². The SMILES string of the molecule is CSc1ncc(Br)c(N2CCCC(N3CCOCC3)C2)n1. The molecule has 1 aromatic rings. The van der Waals surface area contributed by atoms with Crippen molar-refractivity contribution in [1.82, 2.24) is 14.9 Å². The molecular weight excluding hydrogens is 352 g/mol. The number of aromatic nitrogens is 2. The molecule has 1 atom stereocenters. The van der Waals surface area contributed by atoms with Gasteiger partial charge in [-0.25, -0.2) is 9.97 Å². The zero-order valence-corrected chi connectivity index (χ0v) is 14.7. The minimum atomic E-state index is 0.613. The number of ether oxygens (including phenoxy) is 1. The Balaban J connectivity index is 1.73. The van der Waals surface area contributed by atoms with Crippen LogP contribution in [0.3, 0.4) is 0 Å². The number of piperidine rings is 1. The molecule has 0 N–H and O–H groups in total. The first-order chi connectivity index (χ1) is 10.3. The third-order valence-electron chi connectivity index (χ3n) is 4.14. The summed E-state index contributed by atoms with van der Waals surface area (Å²) >= 11 is 5.19. The molecule has 0 spiro atoms. The van der Waals surface area contributed by atoms with Crippen molar-refractivity contribution in [3.8, 4) is 0 Å². The van der Waals surface area contributed by atoms with Gasteiger partial charge < -0.3 is 9.64 Å². The molecule has 2 aliphatic rings. The van der Waals surface area contributed by atoms with Gasteiger partial charge in [0, 0.05) is 38.4 Å². The molecule has 0 aromatic carbocycles. The third kappa shape index (κ3) is 3.70. The molecule has 21 heavy (non-hydrogen) atoms. The van der Waals surface area contributed by atoms with Gasteiger partial charge >= 0.3 is 0 Å². The molecule has 116 valence electrons. The van der Waals surface area contributed by atoms with Crippen molar-refractivity contribution in [3.05, 3.63) is 10.7 Å². The van der Waals surface area contributed by atoms with E-state index in [-0.39, 0.29) is 0 Å². The number of thioether (sulfide) groups is 1. The second-order valence-corrected chi connectivity index (χ2v) is 7.05. The summed E-state index contributed by atoms with van der Waals surface area (Å²) in [7, 11) is 0. The summed E-state index contributed by atoms with van der Waals surface area (Å²) in [5.74, 6) is 1.03. The van der Waals surface area contributed by atoms with Crippen LogP contribution in [0.15, 0.2) is 15.8 Å². The number of halogens is 1. The number of morpholine rings is 1. The average Bonchev–Trinajstić information content (AvgIpc) is 2.56. The van der Waals surface area contributed by atoms with Crippen LogP contribution >= 0.6 is 27.7 Å². The fraction of sp³-hybridized carbons (Fsp3) is 0.714. The number of hydrogen-bond acceptors (Lipinski definition) is 6. The van der Waals surface area contributed by atoms with Crippen molar-refractivity contribution in [2.24, 2.45) is 0 Å². The first kappa shape index (κ1) is 15.5. The van der Waals surface area contributed by atoms with Gasteiger partial charge in [0.2, 0.25) is 0 Å². The van der Waals surface area contributed by atoms with Crippen LogP contribution in [0.5, 0.6) is 0 Å². The Labute approximate surface area is 138 Å². The van der Waals surface area contributed by atoms with Crippen molar-refractivity contribution in [3.63, 3.8) is 0 Å². The van der Waals surface area contributed by atoms with Gasteiger partial charge in [-0.05, 0) is 35.0 Å². The summed E-state index contributed by atoms with van der Waals surface area (Å²) in [5, 5.41) is 0.835. The maximum Gasteiger partial charge on any atom is 0.189 e. The monoisotopic (exact) mass is 372 g/mol. The highest BCUT2D eigenvalue weighted by atomic mass is 79.9.